The van der Waals surface area contributed by atoms with Crippen molar-refractivity contribution in [1.82, 2.24) is 9.78 Å². The first-order valence-corrected chi connectivity index (χ1v) is 7.27. The summed E-state index contributed by atoms with van der Waals surface area (Å²) < 4.78 is 3.99. The Morgan fingerprint density at radius 1 is 1.28 bits per heavy atom. The number of hydrogen-bond acceptors (Lipinski definition) is 2. The van der Waals surface area contributed by atoms with E-state index in [1.807, 2.05) is 43.7 Å². The third-order valence-electron chi connectivity index (χ3n) is 2.92. The molecule has 1 heterocycles. The van der Waals surface area contributed by atoms with Crippen LogP contribution in [0, 0.1) is 13.8 Å². The second-order valence-electron chi connectivity index (χ2n) is 4.39. The summed E-state index contributed by atoms with van der Waals surface area (Å²) in [5.74, 6) is 0. The van der Waals surface area contributed by atoms with Crippen LogP contribution in [0.15, 0.2) is 27.1 Å². The van der Waals surface area contributed by atoms with E-state index in [1.165, 1.54) is 0 Å². The molecule has 2 aromatic rings. The van der Waals surface area contributed by atoms with Gasteiger partial charge in [0.25, 0.3) is 0 Å². The van der Waals surface area contributed by atoms with Crippen molar-refractivity contribution in [3.8, 4) is 5.69 Å². The molecular weight excluding hydrogens is 358 g/mol. The van der Waals surface area contributed by atoms with Crippen LogP contribution in [0.2, 0.25) is 0 Å². The first kappa shape index (κ1) is 13.8. The first-order chi connectivity index (χ1) is 8.41. The number of nitrogens with zero attached hydrogens (tertiary/aromatic N) is 2. The average molecular weight is 373 g/mol. The quantitative estimate of drug-likeness (QED) is 0.864. The molecular formula is C13H15Br2N3. The van der Waals surface area contributed by atoms with E-state index in [0.717, 1.165) is 31.6 Å². The molecule has 0 fully saturated rings. The molecule has 0 aliphatic heterocycles. The van der Waals surface area contributed by atoms with E-state index in [9.17, 15) is 0 Å². The van der Waals surface area contributed by atoms with E-state index in [4.69, 9.17) is 5.73 Å². The molecule has 1 atom stereocenters. The zero-order valence-electron chi connectivity index (χ0n) is 10.5. The van der Waals surface area contributed by atoms with Crippen molar-refractivity contribution in [3.05, 3.63) is 44.1 Å². The van der Waals surface area contributed by atoms with Crippen molar-refractivity contribution in [3.63, 3.8) is 0 Å². The molecule has 1 aromatic carbocycles. The molecule has 0 spiro atoms. The summed E-state index contributed by atoms with van der Waals surface area (Å²) in [6.07, 6.45) is 0. The largest absolute Gasteiger partial charge is 0.324 e. The molecule has 0 aliphatic rings. The minimum atomic E-state index is 0.0145. The van der Waals surface area contributed by atoms with Gasteiger partial charge in [0.15, 0.2) is 0 Å². The van der Waals surface area contributed by atoms with Crippen molar-refractivity contribution >= 4 is 31.9 Å². The molecule has 18 heavy (non-hydrogen) atoms. The summed E-state index contributed by atoms with van der Waals surface area (Å²) in [5.41, 5.74) is 10.1. The maximum Gasteiger partial charge on any atom is 0.0743 e. The highest BCUT2D eigenvalue weighted by atomic mass is 79.9. The van der Waals surface area contributed by atoms with E-state index in [2.05, 4.69) is 37.0 Å². The fraction of sp³-hybridized carbons (Fsp3) is 0.308. The van der Waals surface area contributed by atoms with Gasteiger partial charge in [-0.15, -0.1) is 0 Å². The molecule has 5 heteroatoms. The third kappa shape index (κ3) is 2.39. The van der Waals surface area contributed by atoms with Gasteiger partial charge in [-0.05, 0) is 54.4 Å². The second kappa shape index (κ2) is 5.15. The molecule has 2 N–H and O–H groups in total. The highest BCUT2D eigenvalue weighted by molar-refractivity contribution is 9.10. The van der Waals surface area contributed by atoms with E-state index in [-0.39, 0.29) is 6.04 Å². The number of halogens is 2. The van der Waals surface area contributed by atoms with Gasteiger partial charge in [-0.25, -0.2) is 4.68 Å². The second-order valence-corrected chi connectivity index (χ2v) is 6.04. The Hall–Kier alpha value is -0.650. The average Bonchev–Trinajstić information content (AvgIpc) is 2.56. The number of aryl methyl sites for hydroxylation is 1. The predicted octanol–water partition coefficient (Wildman–Crippen LogP) is 4.03. The summed E-state index contributed by atoms with van der Waals surface area (Å²) in [7, 11) is 0. The van der Waals surface area contributed by atoms with Crippen LogP contribution < -0.4 is 5.73 Å². The number of benzene rings is 1. The van der Waals surface area contributed by atoms with Gasteiger partial charge in [0.2, 0.25) is 0 Å². The summed E-state index contributed by atoms with van der Waals surface area (Å²) in [6, 6.07) is 6.13. The Balaban J connectivity index is 2.52. The van der Waals surface area contributed by atoms with Crippen molar-refractivity contribution in [2.24, 2.45) is 5.73 Å². The molecule has 0 saturated heterocycles. The monoisotopic (exact) mass is 371 g/mol. The smallest absolute Gasteiger partial charge is 0.0743 e. The zero-order valence-corrected chi connectivity index (χ0v) is 13.7. The molecule has 0 saturated carbocycles. The highest BCUT2D eigenvalue weighted by Gasteiger charge is 2.12. The van der Waals surface area contributed by atoms with Crippen LogP contribution in [0.4, 0.5) is 0 Å². The van der Waals surface area contributed by atoms with Crippen LogP contribution in [0.5, 0.6) is 0 Å². The van der Waals surface area contributed by atoms with E-state index in [1.54, 1.807) is 0 Å². The third-order valence-corrected chi connectivity index (χ3v) is 4.76. The van der Waals surface area contributed by atoms with Gasteiger partial charge >= 0.3 is 0 Å². The van der Waals surface area contributed by atoms with Crippen LogP contribution in [0.25, 0.3) is 5.69 Å². The molecule has 0 aliphatic carbocycles. The Morgan fingerprint density at radius 2 is 1.94 bits per heavy atom. The maximum absolute atomic E-state index is 5.90. The lowest BCUT2D eigenvalue weighted by atomic mass is 10.1. The summed E-state index contributed by atoms with van der Waals surface area (Å²) in [4.78, 5) is 0. The fourth-order valence-corrected chi connectivity index (χ4v) is 2.87. The van der Waals surface area contributed by atoms with Crippen molar-refractivity contribution < 1.29 is 0 Å². The lowest BCUT2D eigenvalue weighted by molar-refractivity contribution is 0.803. The number of hydrogen-bond donors (Lipinski definition) is 1. The van der Waals surface area contributed by atoms with Crippen LogP contribution in [-0.4, -0.2) is 9.78 Å². The van der Waals surface area contributed by atoms with E-state index in [0.29, 0.717) is 0 Å². The Labute approximate surface area is 124 Å². The van der Waals surface area contributed by atoms with Crippen molar-refractivity contribution in [1.29, 1.82) is 0 Å². The van der Waals surface area contributed by atoms with Crippen LogP contribution >= 0.6 is 31.9 Å². The molecule has 0 amide bonds. The summed E-state index contributed by atoms with van der Waals surface area (Å²) >= 11 is 7.10. The molecule has 3 nitrogen and oxygen atoms in total. The summed E-state index contributed by atoms with van der Waals surface area (Å²) in [6.45, 7) is 6.00. The fourth-order valence-electron chi connectivity index (χ4n) is 1.89. The van der Waals surface area contributed by atoms with Crippen LogP contribution in [0.1, 0.15) is 29.9 Å². The minimum Gasteiger partial charge on any atom is -0.324 e. The predicted molar refractivity (Wildman–Crippen MR) is 81.0 cm³/mol. The first-order valence-electron chi connectivity index (χ1n) is 5.69. The minimum absolute atomic E-state index is 0.0145. The summed E-state index contributed by atoms with van der Waals surface area (Å²) in [5, 5.41) is 4.51. The Bertz CT molecular complexity index is 588. The van der Waals surface area contributed by atoms with Crippen molar-refractivity contribution in [2.45, 2.75) is 26.8 Å². The molecule has 96 valence electrons. The Kier molecular flexibility index (Phi) is 3.94. The van der Waals surface area contributed by atoms with Gasteiger partial charge in [-0.1, -0.05) is 22.0 Å². The topological polar surface area (TPSA) is 43.8 Å². The van der Waals surface area contributed by atoms with Gasteiger partial charge in [0.1, 0.15) is 0 Å². The molecule has 1 aromatic heterocycles. The van der Waals surface area contributed by atoms with Crippen molar-refractivity contribution in [2.75, 3.05) is 0 Å². The number of rotatable bonds is 2. The maximum atomic E-state index is 5.90. The SMILES string of the molecule is Cc1nn(-c2ccc([C@@H](C)N)c(Br)c2)c(C)c1Br. The number of nitrogens with two attached hydrogens (primary N) is 1. The van der Waals surface area contributed by atoms with Gasteiger partial charge in [-0.2, -0.15) is 5.10 Å². The highest BCUT2D eigenvalue weighted by Crippen LogP contribution is 2.27. The van der Waals surface area contributed by atoms with Gasteiger partial charge in [-0.3, -0.25) is 0 Å². The zero-order chi connectivity index (χ0) is 13.4. The molecule has 0 unspecified atom stereocenters. The lowest BCUT2D eigenvalue weighted by Gasteiger charge is -2.11. The Morgan fingerprint density at radius 3 is 2.39 bits per heavy atom. The van der Waals surface area contributed by atoms with E-state index < -0.39 is 0 Å². The number of aromatic nitrogens is 2. The lowest BCUT2D eigenvalue weighted by Crippen LogP contribution is -2.07. The molecule has 2 rings (SSSR count). The standard InChI is InChI=1S/C13H15Br2N3/c1-7(16)11-5-4-10(6-12(11)14)18-9(3)13(15)8(2)17-18/h4-7H,16H2,1-3H3/t7-/m1/s1. The van der Waals surface area contributed by atoms with Gasteiger partial charge < -0.3 is 5.73 Å². The van der Waals surface area contributed by atoms with Gasteiger partial charge in [0.05, 0.1) is 21.5 Å². The van der Waals surface area contributed by atoms with Crippen LogP contribution in [0.3, 0.4) is 0 Å². The molecule has 0 bridgehead atoms. The van der Waals surface area contributed by atoms with Crippen LogP contribution in [-0.2, 0) is 0 Å². The van der Waals surface area contributed by atoms with Gasteiger partial charge in [0, 0.05) is 10.5 Å². The normalized spacial score (nSPS) is 12.8. The molecule has 0 radical (unpaired) electrons. The van der Waals surface area contributed by atoms with E-state index >= 15 is 0 Å².